The molecule has 0 aromatic heterocycles. The Morgan fingerprint density at radius 2 is 1.62 bits per heavy atom. The van der Waals surface area contributed by atoms with E-state index in [0.29, 0.717) is 10.6 Å². The van der Waals surface area contributed by atoms with Crippen molar-refractivity contribution in [3.8, 4) is 0 Å². The number of hydrogen-bond acceptors (Lipinski definition) is 4. The summed E-state index contributed by atoms with van der Waals surface area (Å²) in [5.74, 6) is -1.33. The van der Waals surface area contributed by atoms with Crippen molar-refractivity contribution in [2.75, 3.05) is 10.8 Å². The average molecular weight is 614 g/mol. The molecule has 0 unspecified atom stereocenters. The summed E-state index contributed by atoms with van der Waals surface area (Å²) in [6.45, 7) is 4.70. The van der Waals surface area contributed by atoms with Crippen LogP contribution < -0.4 is 9.62 Å². The molecule has 1 aliphatic rings. The van der Waals surface area contributed by atoms with Gasteiger partial charge in [-0.05, 0) is 81.1 Å². The molecule has 0 aliphatic heterocycles. The molecule has 0 heterocycles. The average Bonchev–Trinajstić information content (AvgIpc) is 2.97. The van der Waals surface area contributed by atoms with Crippen LogP contribution in [-0.2, 0) is 26.2 Å². The van der Waals surface area contributed by atoms with Crippen LogP contribution in [0.3, 0.4) is 0 Å². The quantitative estimate of drug-likeness (QED) is 0.297. The molecule has 0 radical (unpaired) electrons. The zero-order valence-electron chi connectivity index (χ0n) is 24.1. The number of hydrogen-bond donors (Lipinski definition) is 1. The SMILES string of the molecule is Cc1ccc(S(=O)(=O)N(CC(=O)N(Cc2ccc(F)cc2)[C@@H](C)C(=O)NC2CCCCC2)c2ccc(C)c(Cl)c2)cc1. The normalized spacial score (nSPS) is 14.7. The van der Waals surface area contributed by atoms with Crippen molar-refractivity contribution in [2.24, 2.45) is 0 Å². The maximum absolute atomic E-state index is 14.1. The van der Waals surface area contributed by atoms with Gasteiger partial charge in [-0.15, -0.1) is 0 Å². The van der Waals surface area contributed by atoms with E-state index in [-0.39, 0.29) is 29.1 Å². The molecule has 0 spiro atoms. The van der Waals surface area contributed by atoms with Gasteiger partial charge in [0.1, 0.15) is 18.4 Å². The minimum Gasteiger partial charge on any atom is -0.352 e. The van der Waals surface area contributed by atoms with Crippen LogP contribution in [0, 0.1) is 19.7 Å². The van der Waals surface area contributed by atoms with Crippen molar-refractivity contribution >= 4 is 39.1 Å². The number of benzene rings is 3. The molecule has 4 rings (SSSR count). The molecular formula is C32H37ClFN3O4S. The van der Waals surface area contributed by atoms with E-state index in [1.807, 2.05) is 6.92 Å². The van der Waals surface area contributed by atoms with Gasteiger partial charge >= 0.3 is 0 Å². The van der Waals surface area contributed by atoms with E-state index in [9.17, 15) is 22.4 Å². The molecule has 1 aliphatic carbocycles. The highest BCUT2D eigenvalue weighted by Crippen LogP contribution is 2.29. The Morgan fingerprint density at radius 3 is 2.24 bits per heavy atom. The van der Waals surface area contributed by atoms with Gasteiger partial charge in [0.2, 0.25) is 11.8 Å². The second kappa shape index (κ2) is 13.7. The van der Waals surface area contributed by atoms with Crippen molar-refractivity contribution in [1.29, 1.82) is 0 Å². The summed E-state index contributed by atoms with van der Waals surface area (Å²) in [5.41, 5.74) is 2.47. The van der Waals surface area contributed by atoms with E-state index in [2.05, 4.69) is 5.32 Å². The Bertz CT molecular complexity index is 1510. The highest BCUT2D eigenvalue weighted by atomic mass is 35.5. The summed E-state index contributed by atoms with van der Waals surface area (Å²) in [6, 6.07) is 16.0. The lowest BCUT2D eigenvalue weighted by Gasteiger charge is -2.33. The van der Waals surface area contributed by atoms with Gasteiger partial charge in [-0.25, -0.2) is 12.8 Å². The zero-order chi connectivity index (χ0) is 30.4. The molecule has 1 atom stereocenters. The molecule has 0 saturated heterocycles. The van der Waals surface area contributed by atoms with Crippen LogP contribution in [0.25, 0.3) is 0 Å². The molecule has 1 N–H and O–H groups in total. The molecule has 224 valence electrons. The minimum atomic E-state index is -4.20. The predicted octanol–water partition coefficient (Wildman–Crippen LogP) is 6.16. The summed E-state index contributed by atoms with van der Waals surface area (Å²) >= 11 is 6.38. The zero-order valence-corrected chi connectivity index (χ0v) is 25.7. The lowest BCUT2D eigenvalue weighted by Crippen LogP contribution is -2.53. The van der Waals surface area contributed by atoms with Crippen LogP contribution in [-0.4, -0.2) is 43.8 Å². The largest absolute Gasteiger partial charge is 0.352 e. The van der Waals surface area contributed by atoms with Crippen LogP contribution in [0.15, 0.2) is 71.6 Å². The lowest BCUT2D eigenvalue weighted by atomic mass is 9.95. The number of carbonyl (C=O) groups excluding carboxylic acids is 2. The monoisotopic (exact) mass is 613 g/mol. The Kier molecular flexibility index (Phi) is 10.3. The van der Waals surface area contributed by atoms with E-state index in [0.717, 1.165) is 47.5 Å². The Hall–Kier alpha value is -3.43. The third-order valence-electron chi connectivity index (χ3n) is 7.72. The Labute approximate surface area is 252 Å². The van der Waals surface area contributed by atoms with Gasteiger partial charge in [0.15, 0.2) is 0 Å². The Morgan fingerprint density at radius 1 is 0.976 bits per heavy atom. The third-order valence-corrected chi connectivity index (χ3v) is 9.91. The first-order valence-electron chi connectivity index (χ1n) is 14.2. The van der Waals surface area contributed by atoms with E-state index in [1.54, 1.807) is 50.2 Å². The molecule has 3 aromatic rings. The smallest absolute Gasteiger partial charge is 0.264 e. The van der Waals surface area contributed by atoms with Crippen molar-refractivity contribution in [3.05, 3.63) is 94.3 Å². The van der Waals surface area contributed by atoms with Gasteiger partial charge in [-0.2, -0.15) is 0 Å². The number of carbonyl (C=O) groups is 2. The summed E-state index contributed by atoms with van der Waals surface area (Å²) in [7, 11) is -4.20. The third kappa shape index (κ3) is 7.69. The summed E-state index contributed by atoms with van der Waals surface area (Å²) in [4.78, 5) is 28.8. The van der Waals surface area contributed by atoms with Crippen molar-refractivity contribution in [1.82, 2.24) is 10.2 Å². The maximum atomic E-state index is 14.1. The van der Waals surface area contributed by atoms with Gasteiger partial charge in [0.25, 0.3) is 10.0 Å². The van der Waals surface area contributed by atoms with Crippen molar-refractivity contribution in [3.63, 3.8) is 0 Å². The molecular weight excluding hydrogens is 577 g/mol. The lowest BCUT2D eigenvalue weighted by molar-refractivity contribution is -0.139. The van der Waals surface area contributed by atoms with Crippen LogP contribution in [0.1, 0.15) is 55.7 Å². The van der Waals surface area contributed by atoms with Gasteiger partial charge in [-0.3, -0.25) is 13.9 Å². The summed E-state index contributed by atoms with van der Waals surface area (Å²) in [5, 5.41) is 3.42. The van der Waals surface area contributed by atoms with E-state index >= 15 is 0 Å². The van der Waals surface area contributed by atoms with Crippen LogP contribution in [0.5, 0.6) is 0 Å². The van der Waals surface area contributed by atoms with Gasteiger partial charge in [-0.1, -0.05) is 66.8 Å². The first kappa shape index (κ1) is 31.5. The number of amides is 2. The van der Waals surface area contributed by atoms with Crippen LogP contribution in [0.2, 0.25) is 5.02 Å². The number of sulfonamides is 1. The summed E-state index contributed by atoms with van der Waals surface area (Å²) < 4.78 is 42.6. The number of rotatable bonds is 10. The number of nitrogens with one attached hydrogen (secondary N) is 1. The highest BCUT2D eigenvalue weighted by Gasteiger charge is 2.33. The van der Waals surface area contributed by atoms with Crippen LogP contribution in [0.4, 0.5) is 10.1 Å². The van der Waals surface area contributed by atoms with E-state index in [1.165, 1.54) is 35.2 Å². The first-order valence-corrected chi connectivity index (χ1v) is 16.0. The van der Waals surface area contributed by atoms with E-state index in [4.69, 9.17) is 11.6 Å². The van der Waals surface area contributed by atoms with Crippen LogP contribution >= 0.6 is 11.6 Å². The van der Waals surface area contributed by atoms with Gasteiger partial charge < -0.3 is 10.2 Å². The number of aryl methyl sites for hydroxylation is 2. The highest BCUT2D eigenvalue weighted by molar-refractivity contribution is 7.92. The number of halogens is 2. The maximum Gasteiger partial charge on any atom is 0.264 e. The molecule has 0 bridgehead atoms. The first-order chi connectivity index (χ1) is 20.0. The second-order valence-corrected chi connectivity index (χ2v) is 13.2. The fourth-order valence-electron chi connectivity index (χ4n) is 5.04. The van der Waals surface area contributed by atoms with Gasteiger partial charge in [0.05, 0.1) is 10.6 Å². The fraction of sp³-hybridized carbons (Fsp3) is 0.375. The molecule has 2 amide bonds. The molecule has 1 fully saturated rings. The van der Waals surface area contributed by atoms with Crippen molar-refractivity contribution < 1.29 is 22.4 Å². The minimum absolute atomic E-state index is 0.00849. The Balaban J connectivity index is 1.69. The molecule has 7 nitrogen and oxygen atoms in total. The summed E-state index contributed by atoms with van der Waals surface area (Å²) in [6.07, 6.45) is 4.94. The molecule has 10 heteroatoms. The van der Waals surface area contributed by atoms with Crippen molar-refractivity contribution in [2.45, 2.75) is 76.4 Å². The van der Waals surface area contributed by atoms with E-state index < -0.39 is 34.3 Å². The molecule has 42 heavy (non-hydrogen) atoms. The topological polar surface area (TPSA) is 86.8 Å². The number of nitrogens with zero attached hydrogens (tertiary/aromatic N) is 2. The standard InChI is InChI=1S/C32H37ClFN3O4S/c1-22-9-17-29(18-10-22)42(40,41)37(28-16-11-23(2)30(33)19-28)21-31(38)36(20-25-12-14-26(34)15-13-25)24(3)32(39)35-27-7-5-4-6-8-27/h9-19,24,27H,4-8,20-21H2,1-3H3,(H,35,39)/t24-/m0/s1. The predicted molar refractivity (Wildman–Crippen MR) is 163 cm³/mol. The molecule has 1 saturated carbocycles. The fourth-order valence-corrected chi connectivity index (χ4v) is 6.62. The number of anilines is 1. The molecule has 3 aromatic carbocycles. The van der Waals surface area contributed by atoms with Gasteiger partial charge in [0, 0.05) is 17.6 Å². The second-order valence-electron chi connectivity index (χ2n) is 10.9.